The molecule has 2 aromatic rings. The minimum absolute atomic E-state index is 0.296. The van der Waals surface area contributed by atoms with Crippen LogP contribution < -0.4 is 16.3 Å². The third-order valence-electron chi connectivity index (χ3n) is 3.08. The maximum absolute atomic E-state index is 12.9. The molecule has 3 N–H and O–H groups in total. The van der Waals surface area contributed by atoms with E-state index in [0.29, 0.717) is 18.1 Å². The van der Waals surface area contributed by atoms with Crippen molar-refractivity contribution in [3.05, 3.63) is 51.8 Å². The van der Waals surface area contributed by atoms with E-state index in [1.165, 1.54) is 12.1 Å². The van der Waals surface area contributed by atoms with Crippen LogP contribution in [0.15, 0.2) is 29.1 Å². The molecule has 0 unspecified atom stereocenters. The SMILES string of the molecule is O=c1nc(Nc2ccc(F)cc2)c2c([nH]1)CNCC2. The normalized spacial score (nSPS) is 13.9. The zero-order chi connectivity index (χ0) is 13.2. The number of rotatable bonds is 2. The van der Waals surface area contributed by atoms with Gasteiger partial charge in [-0.15, -0.1) is 0 Å². The number of nitrogens with zero attached hydrogens (tertiary/aromatic N) is 1. The van der Waals surface area contributed by atoms with Gasteiger partial charge in [0.1, 0.15) is 11.6 Å². The Bertz CT molecular complexity index is 651. The number of nitrogens with one attached hydrogen (secondary N) is 3. The van der Waals surface area contributed by atoms with Gasteiger partial charge in [0, 0.05) is 23.5 Å². The van der Waals surface area contributed by atoms with Crippen LogP contribution in [0.1, 0.15) is 11.3 Å². The monoisotopic (exact) mass is 260 g/mol. The highest BCUT2D eigenvalue weighted by Gasteiger charge is 2.15. The van der Waals surface area contributed by atoms with E-state index in [1.807, 2.05) is 0 Å². The van der Waals surface area contributed by atoms with E-state index in [2.05, 4.69) is 20.6 Å². The van der Waals surface area contributed by atoms with E-state index in [4.69, 9.17) is 0 Å². The molecule has 0 spiro atoms. The van der Waals surface area contributed by atoms with Crippen molar-refractivity contribution >= 4 is 11.5 Å². The minimum Gasteiger partial charge on any atom is -0.340 e. The number of H-pyrrole nitrogens is 1. The molecule has 1 aromatic heterocycles. The highest BCUT2D eigenvalue weighted by atomic mass is 19.1. The van der Waals surface area contributed by atoms with E-state index in [1.54, 1.807) is 12.1 Å². The van der Waals surface area contributed by atoms with E-state index in [-0.39, 0.29) is 11.5 Å². The highest BCUT2D eigenvalue weighted by Crippen LogP contribution is 2.21. The molecule has 0 radical (unpaired) electrons. The molecule has 0 atom stereocenters. The summed E-state index contributed by atoms with van der Waals surface area (Å²) >= 11 is 0. The highest BCUT2D eigenvalue weighted by molar-refractivity contribution is 5.60. The number of halogens is 1. The summed E-state index contributed by atoms with van der Waals surface area (Å²) in [5, 5.41) is 6.27. The standard InChI is InChI=1S/C13H13FN4O/c14-8-1-3-9(4-2-8)16-12-10-5-6-15-7-11(10)17-13(19)18-12/h1-4,15H,5-7H2,(H2,16,17,18,19). The van der Waals surface area contributed by atoms with Gasteiger partial charge < -0.3 is 15.6 Å². The number of aromatic amines is 1. The number of anilines is 2. The van der Waals surface area contributed by atoms with E-state index >= 15 is 0 Å². The molecule has 98 valence electrons. The molecule has 0 aliphatic carbocycles. The Balaban J connectivity index is 1.98. The zero-order valence-corrected chi connectivity index (χ0v) is 10.2. The molecule has 6 heteroatoms. The van der Waals surface area contributed by atoms with Gasteiger partial charge in [-0.25, -0.2) is 9.18 Å². The number of fused-ring (bicyclic) bond motifs is 1. The third-order valence-corrected chi connectivity index (χ3v) is 3.08. The maximum Gasteiger partial charge on any atom is 0.347 e. The summed E-state index contributed by atoms with van der Waals surface area (Å²) in [6, 6.07) is 5.96. The first kappa shape index (κ1) is 11.9. The first-order valence-electron chi connectivity index (χ1n) is 6.08. The predicted molar refractivity (Wildman–Crippen MR) is 70.0 cm³/mol. The molecule has 1 aliphatic rings. The molecule has 0 bridgehead atoms. The first-order chi connectivity index (χ1) is 9.22. The van der Waals surface area contributed by atoms with Crippen LogP contribution in [0.25, 0.3) is 0 Å². The minimum atomic E-state index is -0.382. The van der Waals surface area contributed by atoms with Crippen molar-refractivity contribution in [3.8, 4) is 0 Å². The Morgan fingerprint density at radius 1 is 1.26 bits per heavy atom. The molecule has 1 aromatic carbocycles. The lowest BCUT2D eigenvalue weighted by molar-refractivity contribution is 0.621. The Hall–Kier alpha value is -2.21. The first-order valence-corrected chi connectivity index (χ1v) is 6.08. The van der Waals surface area contributed by atoms with Gasteiger partial charge in [0.25, 0.3) is 0 Å². The maximum atomic E-state index is 12.9. The number of aromatic nitrogens is 2. The summed E-state index contributed by atoms with van der Waals surface area (Å²) in [4.78, 5) is 18.2. The van der Waals surface area contributed by atoms with Crippen LogP contribution in [0.3, 0.4) is 0 Å². The molecule has 0 amide bonds. The van der Waals surface area contributed by atoms with Crippen LogP contribution in [0.5, 0.6) is 0 Å². The molecule has 0 saturated heterocycles. The Labute approximate surface area is 108 Å². The predicted octanol–water partition coefficient (Wildman–Crippen LogP) is 1.30. The fourth-order valence-corrected chi connectivity index (χ4v) is 2.16. The van der Waals surface area contributed by atoms with Gasteiger partial charge in [0.2, 0.25) is 0 Å². The van der Waals surface area contributed by atoms with Crippen molar-refractivity contribution in [2.24, 2.45) is 0 Å². The van der Waals surface area contributed by atoms with Gasteiger partial charge in [-0.3, -0.25) is 0 Å². The molecule has 2 heterocycles. The number of hydrogen-bond donors (Lipinski definition) is 3. The van der Waals surface area contributed by atoms with E-state index < -0.39 is 0 Å². The summed E-state index contributed by atoms with van der Waals surface area (Å²) in [5.74, 6) is 0.252. The Kier molecular flexibility index (Phi) is 3.00. The van der Waals surface area contributed by atoms with Gasteiger partial charge in [0.15, 0.2) is 0 Å². The van der Waals surface area contributed by atoms with Crippen molar-refractivity contribution in [2.45, 2.75) is 13.0 Å². The van der Waals surface area contributed by atoms with Crippen LogP contribution >= 0.6 is 0 Å². The van der Waals surface area contributed by atoms with Gasteiger partial charge >= 0.3 is 5.69 Å². The van der Waals surface area contributed by atoms with Crippen molar-refractivity contribution in [1.82, 2.24) is 15.3 Å². The van der Waals surface area contributed by atoms with Crippen molar-refractivity contribution < 1.29 is 4.39 Å². The molecule has 0 fully saturated rings. The molecular weight excluding hydrogens is 247 g/mol. The largest absolute Gasteiger partial charge is 0.347 e. The van der Waals surface area contributed by atoms with E-state index in [0.717, 1.165) is 24.2 Å². The summed E-state index contributed by atoms with van der Waals surface area (Å²) in [6.07, 6.45) is 0.794. The van der Waals surface area contributed by atoms with Crippen LogP contribution in [0.2, 0.25) is 0 Å². The van der Waals surface area contributed by atoms with Gasteiger partial charge in [-0.05, 0) is 37.2 Å². The fourth-order valence-electron chi connectivity index (χ4n) is 2.16. The second kappa shape index (κ2) is 4.81. The summed E-state index contributed by atoms with van der Waals surface area (Å²) in [7, 11) is 0. The average Bonchev–Trinajstić information content (AvgIpc) is 2.41. The molecule has 3 rings (SSSR count). The smallest absolute Gasteiger partial charge is 0.340 e. The average molecular weight is 260 g/mol. The van der Waals surface area contributed by atoms with Gasteiger partial charge in [0.05, 0.1) is 0 Å². The lowest BCUT2D eigenvalue weighted by atomic mass is 10.1. The Morgan fingerprint density at radius 3 is 2.84 bits per heavy atom. The molecule has 5 nitrogen and oxygen atoms in total. The van der Waals surface area contributed by atoms with Crippen molar-refractivity contribution in [2.75, 3.05) is 11.9 Å². The molecular formula is C13H13FN4O. The molecule has 19 heavy (non-hydrogen) atoms. The fraction of sp³-hybridized carbons (Fsp3) is 0.231. The lowest BCUT2D eigenvalue weighted by Gasteiger charge is -2.19. The summed E-state index contributed by atoms with van der Waals surface area (Å²) in [5.41, 5.74) is 2.19. The van der Waals surface area contributed by atoms with Crippen molar-refractivity contribution in [1.29, 1.82) is 0 Å². The van der Waals surface area contributed by atoms with Crippen LogP contribution in [0, 0.1) is 5.82 Å². The third kappa shape index (κ3) is 2.48. The van der Waals surface area contributed by atoms with Crippen LogP contribution in [-0.4, -0.2) is 16.5 Å². The Morgan fingerprint density at radius 2 is 2.05 bits per heavy atom. The lowest BCUT2D eigenvalue weighted by Crippen LogP contribution is -2.29. The number of hydrogen-bond acceptors (Lipinski definition) is 4. The summed E-state index contributed by atoms with van der Waals surface area (Å²) < 4.78 is 12.9. The topological polar surface area (TPSA) is 69.8 Å². The molecule has 1 aliphatic heterocycles. The second-order valence-corrected chi connectivity index (χ2v) is 4.41. The zero-order valence-electron chi connectivity index (χ0n) is 10.2. The van der Waals surface area contributed by atoms with Crippen LogP contribution in [0.4, 0.5) is 15.9 Å². The van der Waals surface area contributed by atoms with E-state index in [9.17, 15) is 9.18 Å². The second-order valence-electron chi connectivity index (χ2n) is 4.41. The van der Waals surface area contributed by atoms with Crippen molar-refractivity contribution in [3.63, 3.8) is 0 Å². The van der Waals surface area contributed by atoms with Gasteiger partial charge in [-0.1, -0.05) is 0 Å². The molecule has 0 saturated carbocycles. The summed E-state index contributed by atoms with van der Waals surface area (Å²) in [6.45, 7) is 1.48. The quantitative estimate of drug-likeness (QED) is 0.761. The number of benzene rings is 1. The van der Waals surface area contributed by atoms with Crippen LogP contribution in [-0.2, 0) is 13.0 Å². The van der Waals surface area contributed by atoms with Gasteiger partial charge in [-0.2, -0.15) is 4.98 Å².